The van der Waals surface area contributed by atoms with E-state index in [-0.39, 0.29) is 11.7 Å². The minimum Gasteiger partial charge on any atom is -0.497 e. The number of carbonyl (C=O) groups excluding carboxylic acids is 1. The highest BCUT2D eigenvalue weighted by molar-refractivity contribution is 5.97. The lowest BCUT2D eigenvalue weighted by molar-refractivity contribution is 0.0948. The maximum atomic E-state index is 13.6. The molecule has 0 spiro atoms. The van der Waals surface area contributed by atoms with E-state index in [1.807, 2.05) is 41.8 Å². The first-order chi connectivity index (χ1) is 16.5. The molecule has 2 aromatic carbocycles. The van der Waals surface area contributed by atoms with Crippen molar-refractivity contribution in [1.29, 1.82) is 0 Å². The maximum Gasteiger partial charge on any atom is 0.253 e. The molecule has 1 atom stereocenters. The van der Waals surface area contributed by atoms with E-state index in [2.05, 4.69) is 17.1 Å². The number of rotatable bonds is 8. The van der Waals surface area contributed by atoms with Gasteiger partial charge >= 0.3 is 0 Å². The number of halogens is 1. The minimum absolute atomic E-state index is 0.0887. The molecule has 1 saturated heterocycles. The van der Waals surface area contributed by atoms with Crippen LogP contribution in [0, 0.1) is 12.7 Å². The van der Waals surface area contributed by atoms with Gasteiger partial charge in [0.2, 0.25) is 0 Å². The first-order valence-electron chi connectivity index (χ1n) is 12.1. The molecule has 0 radical (unpaired) electrons. The Bertz CT molecular complexity index is 1120. The zero-order chi connectivity index (χ0) is 24.1. The van der Waals surface area contributed by atoms with E-state index in [9.17, 15) is 9.18 Å². The number of carbonyl (C=O) groups is 1. The lowest BCUT2D eigenvalue weighted by atomic mass is 10.0. The maximum absolute atomic E-state index is 13.6. The molecule has 1 aliphatic heterocycles. The van der Waals surface area contributed by atoms with E-state index in [0.29, 0.717) is 18.2 Å². The molecule has 1 fully saturated rings. The number of aromatic nitrogens is 1. The standard InChI is InChI=1S/C28H34FN3O2/c1-20-8-4-5-16-31(20)17-7-15-30-28(33)26-19-27(22-9-6-10-25(18-22)34-3)32(21(26)2)24-13-11-23(29)12-14-24/h6,9-14,18-20H,4-5,7-8,15-17H2,1-3H3,(H,30,33). The molecule has 4 rings (SSSR count). The summed E-state index contributed by atoms with van der Waals surface area (Å²) >= 11 is 0. The second kappa shape index (κ2) is 10.9. The molecule has 3 aromatic rings. The van der Waals surface area contributed by atoms with Crippen molar-refractivity contribution < 1.29 is 13.9 Å². The summed E-state index contributed by atoms with van der Waals surface area (Å²) in [5.74, 6) is 0.353. The number of nitrogens with one attached hydrogen (secondary N) is 1. The summed E-state index contributed by atoms with van der Waals surface area (Å²) in [6, 6.07) is 16.6. The average molecular weight is 464 g/mol. The number of likely N-dealkylation sites (tertiary alicyclic amines) is 1. The minimum atomic E-state index is -0.294. The average Bonchev–Trinajstić information content (AvgIpc) is 3.20. The molecule has 6 heteroatoms. The van der Waals surface area contributed by atoms with Gasteiger partial charge in [-0.15, -0.1) is 0 Å². The van der Waals surface area contributed by atoms with Crippen LogP contribution in [0.5, 0.6) is 5.75 Å². The zero-order valence-electron chi connectivity index (χ0n) is 20.3. The van der Waals surface area contributed by atoms with Crippen molar-refractivity contribution in [2.45, 2.75) is 45.6 Å². The highest BCUT2D eigenvalue weighted by Gasteiger charge is 2.21. The van der Waals surface area contributed by atoms with Crippen molar-refractivity contribution in [2.24, 2.45) is 0 Å². The molecule has 0 aliphatic carbocycles. The molecule has 5 nitrogen and oxygen atoms in total. The van der Waals surface area contributed by atoms with Crippen LogP contribution in [0.4, 0.5) is 4.39 Å². The van der Waals surface area contributed by atoms with Gasteiger partial charge in [0, 0.05) is 36.1 Å². The fraction of sp³-hybridized carbons (Fsp3) is 0.393. The number of ether oxygens (including phenoxy) is 1. The van der Waals surface area contributed by atoms with Crippen LogP contribution in [-0.4, -0.2) is 48.2 Å². The quantitative estimate of drug-likeness (QED) is 0.443. The number of hydrogen-bond acceptors (Lipinski definition) is 3. The van der Waals surface area contributed by atoms with Crippen molar-refractivity contribution in [3.05, 3.63) is 71.7 Å². The normalized spacial score (nSPS) is 16.4. The van der Waals surface area contributed by atoms with Gasteiger partial charge in [-0.25, -0.2) is 4.39 Å². The van der Waals surface area contributed by atoms with E-state index in [1.165, 1.54) is 31.4 Å². The van der Waals surface area contributed by atoms with Gasteiger partial charge < -0.3 is 19.5 Å². The van der Waals surface area contributed by atoms with Gasteiger partial charge in [0.25, 0.3) is 5.91 Å². The smallest absolute Gasteiger partial charge is 0.253 e. The SMILES string of the molecule is COc1cccc(-c2cc(C(=O)NCCCN3CCCCC3C)c(C)n2-c2ccc(F)cc2)c1. The number of nitrogens with zero attached hydrogens (tertiary/aromatic N) is 2. The van der Waals surface area contributed by atoms with Crippen molar-refractivity contribution in [2.75, 3.05) is 26.7 Å². The largest absolute Gasteiger partial charge is 0.497 e. The van der Waals surface area contributed by atoms with Crippen LogP contribution in [0.2, 0.25) is 0 Å². The molecule has 1 aliphatic rings. The first kappa shape index (κ1) is 24.0. The van der Waals surface area contributed by atoms with Crippen LogP contribution in [0.25, 0.3) is 16.9 Å². The highest BCUT2D eigenvalue weighted by atomic mass is 19.1. The number of hydrogen-bond donors (Lipinski definition) is 1. The van der Waals surface area contributed by atoms with Crippen LogP contribution >= 0.6 is 0 Å². The third-order valence-electron chi connectivity index (χ3n) is 6.79. The fourth-order valence-corrected chi connectivity index (χ4v) is 4.82. The van der Waals surface area contributed by atoms with E-state index >= 15 is 0 Å². The Morgan fingerprint density at radius 1 is 1.15 bits per heavy atom. The van der Waals surface area contributed by atoms with Crippen LogP contribution in [0.15, 0.2) is 54.6 Å². The first-order valence-corrected chi connectivity index (χ1v) is 12.1. The lowest BCUT2D eigenvalue weighted by Gasteiger charge is -2.33. The Morgan fingerprint density at radius 2 is 1.94 bits per heavy atom. The van der Waals surface area contributed by atoms with E-state index in [4.69, 9.17) is 4.74 Å². The molecular weight excluding hydrogens is 429 g/mol. The summed E-state index contributed by atoms with van der Waals surface area (Å²) in [5.41, 5.74) is 4.01. The highest BCUT2D eigenvalue weighted by Crippen LogP contribution is 2.31. The summed E-state index contributed by atoms with van der Waals surface area (Å²) in [5, 5.41) is 3.11. The van der Waals surface area contributed by atoms with Crippen LogP contribution in [0.3, 0.4) is 0 Å². The Hall–Kier alpha value is -3.12. The molecule has 1 unspecified atom stereocenters. The molecule has 0 bridgehead atoms. The van der Waals surface area contributed by atoms with Gasteiger partial charge in [-0.2, -0.15) is 0 Å². The molecule has 1 amide bonds. The molecule has 0 saturated carbocycles. The summed E-state index contributed by atoms with van der Waals surface area (Å²) < 4.78 is 21.0. The molecule has 2 heterocycles. The van der Waals surface area contributed by atoms with Gasteiger partial charge in [0.1, 0.15) is 11.6 Å². The van der Waals surface area contributed by atoms with E-state index in [0.717, 1.165) is 47.9 Å². The zero-order valence-corrected chi connectivity index (χ0v) is 20.3. The van der Waals surface area contributed by atoms with Gasteiger partial charge in [0.05, 0.1) is 18.4 Å². The predicted molar refractivity (Wildman–Crippen MR) is 134 cm³/mol. The van der Waals surface area contributed by atoms with Gasteiger partial charge in [-0.1, -0.05) is 18.6 Å². The third-order valence-corrected chi connectivity index (χ3v) is 6.79. The molecule has 1 N–H and O–H groups in total. The van der Waals surface area contributed by atoms with Gasteiger partial charge in [-0.3, -0.25) is 4.79 Å². The topological polar surface area (TPSA) is 46.5 Å². The number of methoxy groups -OCH3 is 1. The van der Waals surface area contributed by atoms with E-state index in [1.54, 1.807) is 19.2 Å². The predicted octanol–water partition coefficient (Wildman–Crippen LogP) is 5.59. The summed E-state index contributed by atoms with van der Waals surface area (Å²) in [6.07, 6.45) is 4.76. The Balaban J connectivity index is 1.56. The van der Waals surface area contributed by atoms with Gasteiger partial charge in [0.15, 0.2) is 0 Å². The molecule has 180 valence electrons. The van der Waals surface area contributed by atoms with Crippen LogP contribution in [0.1, 0.15) is 48.7 Å². The number of amides is 1. The van der Waals surface area contributed by atoms with Crippen molar-refractivity contribution >= 4 is 5.91 Å². The molecular formula is C28H34FN3O2. The third kappa shape index (κ3) is 5.33. The second-order valence-corrected chi connectivity index (χ2v) is 9.06. The monoisotopic (exact) mass is 463 g/mol. The Labute approximate surface area is 201 Å². The lowest BCUT2D eigenvalue weighted by Crippen LogP contribution is -2.39. The summed E-state index contributed by atoms with van der Waals surface area (Å²) in [4.78, 5) is 15.7. The van der Waals surface area contributed by atoms with Crippen molar-refractivity contribution in [3.63, 3.8) is 0 Å². The number of benzene rings is 2. The molecule has 1 aromatic heterocycles. The second-order valence-electron chi connectivity index (χ2n) is 9.06. The van der Waals surface area contributed by atoms with Crippen LogP contribution in [-0.2, 0) is 0 Å². The fourth-order valence-electron chi connectivity index (χ4n) is 4.82. The summed E-state index contributed by atoms with van der Waals surface area (Å²) in [7, 11) is 1.63. The summed E-state index contributed by atoms with van der Waals surface area (Å²) in [6.45, 7) is 7.01. The van der Waals surface area contributed by atoms with Crippen molar-refractivity contribution in [3.8, 4) is 22.7 Å². The Kier molecular flexibility index (Phi) is 7.68. The molecule has 34 heavy (non-hydrogen) atoms. The van der Waals surface area contributed by atoms with Gasteiger partial charge in [-0.05, 0) is 82.1 Å². The van der Waals surface area contributed by atoms with E-state index < -0.39 is 0 Å². The number of piperidine rings is 1. The Morgan fingerprint density at radius 3 is 2.68 bits per heavy atom. The van der Waals surface area contributed by atoms with Crippen LogP contribution < -0.4 is 10.1 Å². The van der Waals surface area contributed by atoms with Crippen molar-refractivity contribution in [1.82, 2.24) is 14.8 Å².